The molecule has 1 fully saturated rings. The quantitative estimate of drug-likeness (QED) is 0.709. The van der Waals surface area contributed by atoms with Crippen LogP contribution < -0.4 is 4.90 Å². The van der Waals surface area contributed by atoms with E-state index in [0.717, 1.165) is 23.7 Å². The Balaban J connectivity index is 1.49. The van der Waals surface area contributed by atoms with Crippen molar-refractivity contribution in [1.82, 2.24) is 19.9 Å². The van der Waals surface area contributed by atoms with Crippen molar-refractivity contribution in [1.29, 1.82) is 0 Å². The first-order valence-electron chi connectivity index (χ1n) is 8.30. The highest BCUT2D eigenvalue weighted by molar-refractivity contribution is 7.22. The van der Waals surface area contributed by atoms with Gasteiger partial charge in [-0.2, -0.15) is 0 Å². The molecule has 1 aromatic carbocycles. The highest BCUT2D eigenvalue weighted by Gasteiger charge is 2.24. The Morgan fingerprint density at radius 2 is 1.92 bits per heavy atom. The van der Waals surface area contributed by atoms with Crippen LogP contribution in [0.25, 0.3) is 10.2 Å². The molecule has 3 heterocycles. The molecule has 0 N–H and O–H groups in total. The second-order valence-electron chi connectivity index (χ2n) is 6.29. The third-order valence-corrected chi connectivity index (χ3v) is 5.50. The summed E-state index contributed by atoms with van der Waals surface area (Å²) in [5.41, 5.74) is 3.97. The first kappa shape index (κ1) is 16.0. The first-order valence-corrected chi connectivity index (χ1v) is 9.11. The number of piperazine rings is 1. The van der Waals surface area contributed by atoms with E-state index in [0.29, 0.717) is 18.8 Å². The van der Waals surface area contributed by atoms with Gasteiger partial charge in [0.05, 0.1) is 16.4 Å². The van der Waals surface area contributed by atoms with Gasteiger partial charge < -0.3 is 9.80 Å². The van der Waals surface area contributed by atoms with Crippen LogP contribution in [0, 0.1) is 13.8 Å². The molecule has 4 rings (SSSR count). The van der Waals surface area contributed by atoms with Crippen LogP contribution in [0.1, 0.15) is 21.6 Å². The van der Waals surface area contributed by atoms with Gasteiger partial charge in [0.15, 0.2) is 5.13 Å². The second-order valence-corrected chi connectivity index (χ2v) is 7.30. The summed E-state index contributed by atoms with van der Waals surface area (Å²) >= 11 is 1.73. The van der Waals surface area contributed by atoms with Gasteiger partial charge in [0, 0.05) is 38.6 Å². The number of nitrogens with zero attached hydrogens (tertiary/aromatic N) is 5. The Morgan fingerprint density at radius 3 is 2.64 bits per heavy atom. The van der Waals surface area contributed by atoms with Crippen molar-refractivity contribution in [2.24, 2.45) is 0 Å². The SMILES string of the molecule is Cc1cc(C)c2nc(N3CCN(C(=O)c4cnccn4)CC3)sc2c1. The lowest BCUT2D eigenvalue weighted by atomic mass is 10.1. The molecule has 3 aromatic rings. The molecule has 1 saturated heterocycles. The zero-order chi connectivity index (χ0) is 17.4. The molecule has 0 radical (unpaired) electrons. The van der Waals surface area contributed by atoms with E-state index in [1.807, 2.05) is 4.90 Å². The van der Waals surface area contributed by atoms with E-state index in [4.69, 9.17) is 4.98 Å². The van der Waals surface area contributed by atoms with E-state index in [2.05, 4.69) is 40.8 Å². The molecule has 6 nitrogen and oxygen atoms in total. The molecule has 0 unspecified atom stereocenters. The van der Waals surface area contributed by atoms with E-state index >= 15 is 0 Å². The standard InChI is InChI=1S/C18H19N5OS/c1-12-9-13(2)16-15(10-12)25-18(21-16)23-7-5-22(6-8-23)17(24)14-11-19-3-4-20-14/h3-4,9-11H,5-8H2,1-2H3. The van der Waals surface area contributed by atoms with E-state index in [9.17, 15) is 4.79 Å². The third-order valence-electron chi connectivity index (χ3n) is 4.44. The molecule has 2 aromatic heterocycles. The number of fused-ring (bicyclic) bond motifs is 1. The molecule has 0 saturated carbocycles. The molecule has 25 heavy (non-hydrogen) atoms. The number of thiazole rings is 1. The van der Waals surface area contributed by atoms with Crippen molar-refractivity contribution < 1.29 is 4.79 Å². The number of anilines is 1. The van der Waals surface area contributed by atoms with E-state index < -0.39 is 0 Å². The fraction of sp³-hybridized carbons (Fsp3) is 0.333. The first-order chi connectivity index (χ1) is 12.1. The number of amides is 1. The number of rotatable bonds is 2. The summed E-state index contributed by atoms with van der Waals surface area (Å²) < 4.78 is 1.23. The highest BCUT2D eigenvalue weighted by Crippen LogP contribution is 2.32. The summed E-state index contributed by atoms with van der Waals surface area (Å²) in [6.07, 6.45) is 4.65. The van der Waals surface area contributed by atoms with Crippen LogP contribution in [0.2, 0.25) is 0 Å². The lowest BCUT2D eigenvalue weighted by Gasteiger charge is -2.34. The Morgan fingerprint density at radius 1 is 1.12 bits per heavy atom. The summed E-state index contributed by atoms with van der Waals surface area (Å²) in [5, 5.41) is 1.04. The molecule has 7 heteroatoms. The van der Waals surface area contributed by atoms with Crippen LogP contribution in [0.15, 0.2) is 30.7 Å². The number of carbonyl (C=O) groups is 1. The number of hydrogen-bond acceptors (Lipinski definition) is 6. The summed E-state index contributed by atoms with van der Waals surface area (Å²) in [6.45, 7) is 7.12. The van der Waals surface area contributed by atoms with Crippen LogP contribution in [0.4, 0.5) is 5.13 Å². The monoisotopic (exact) mass is 353 g/mol. The van der Waals surface area contributed by atoms with Crippen LogP contribution in [0.5, 0.6) is 0 Å². The molecular formula is C18H19N5OS. The van der Waals surface area contributed by atoms with Gasteiger partial charge in [0.1, 0.15) is 5.69 Å². The number of carbonyl (C=O) groups excluding carboxylic acids is 1. The summed E-state index contributed by atoms with van der Waals surface area (Å²) in [7, 11) is 0. The van der Waals surface area contributed by atoms with E-state index in [1.165, 1.54) is 22.0 Å². The molecule has 1 aliphatic rings. The van der Waals surface area contributed by atoms with Gasteiger partial charge in [-0.25, -0.2) is 9.97 Å². The third kappa shape index (κ3) is 3.07. The highest BCUT2D eigenvalue weighted by atomic mass is 32.1. The lowest BCUT2D eigenvalue weighted by Crippen LogP contribution is -2.49. The average Bonchev–Trinajstić information content (AvgIpc) is 3.06. The van der Waals surface area contributed by atoms with Gasteiger partial charge in [0.25, 0.3) is 5.91 Å². The van der Waals surface area contributed by atoms with Crippen LogP contribution >= 0.6 is 11.3 Å². The summed E-state index contributed by atoms with van der Waals surface area (Å²) in [4.78, 5) is 29.5. The summed E-state index contributed by atoms with van der Waals surface area (Å²) in [6, 6.07) is 4.36. The molecule has 0 bridgehead atoms. The Hall–Kier alpha value is -2.54. The van der Waals surface area contributed by atoms with Crippen LogP contribution in [-0.4, -0.2) is 51.9 Å². The Kier molecular flexibility index (Phi) is 4.09. The molecule has 0 spiro atoms. The molecular weight excluding hydrogens is 334 g/mol. The largest absolute Gasteiger partial charge is 0.345 e. The zero-order valence-corrected chi connectivity index (χ0v) is 15.1. The minimum absolute atomic E-state index is 0.0523. The topological polar surface area (TPSA) is 62.2 Å². The predicted molar refractivity (Wildman–Crippen MR) is 99.2 cm³/mol. The number of hydrogen-bond donors (Lipinski definition) is 0. The molecule has 1 aliphatic heterocycles. The van der Waals surface area contributed by atoms with Gasteiger partial charge in [-0.05, 0) is 31.0 Å². The van der Waals surface area contributed by atoms with Gasteiger partial charge >= 0.3 is 0 Å². The van der Waals surface area contributed by atoms with Crippen molar-refractivity contribution in [2.75, 3.05) is 31.1 Å². The maximum atomic E-state index is 12.5. The van der Waals surface area contributed by atoms with Crippen molar-refractivity contribution >= 4 is 32.6 Å². The maximum absolute atomic E-state index is 12.5. The van der Waals surface area contributed by atoms with Crippen LogP contribution in [-0.2, 0) is 0 Å². The van der Waals surface area contributed by atoms with Gasteiger partial charge in [-0.1, -0.05) is 17.4 Å². The molecule has 0 atom stereocenters. The van der Waals surface area contributed by atoms with E-state index in [1.54, 1.807) is 23.7 Å². The fourth-order valence-corrected chi connectivity index (χ4v) is 4.36. The van der Waals surface area contributed by atoms with Crippen molar-refractivity contribution in [3.8, 4) is 0 Å². The lowest BCUT2D eigenvalue weighted by molar-refractivity contribution is 0.0740. The average molecular weight is 353 g/mol. The van der Waals surface area contributed by atoms with Gasteiger partial charge in [0.2, 0.25) is 0 Å². The smallest absolute Gasteiger partial charge is 0.274 e. The number of aryl methyl sites for hydroxylation is 2. The van der Waals surface area contributed by atoms with Crippen molar-refractivity contribution in [3.05, 3.63) is 47.5 Å². The maximum Gasteiger partial charge on any atom is 0.274 e. The minimum Gasteiger partial charge on any atom is -0.345 e. The molecule has 128 valence electrons. The number of aromatic nitrogens is 3. The molecule has 1 amide bonds. The summed E-state index contributed by atoms with van der Waals surface area (Å²) in [5.74, 6) is -0.0523. The predicted octanol–water partition coefficient (Wildman–Crippen LogP) is 2.67. The Labute approximate surface area is 150 Å². The van der Waals surface area contributed by atoms with Crippen LogP contribution in [0.3, 0.4) is 0 Å². The second kappa shape index (κ2) is 6.40. The molecule has 0 aliphatic carbocycles. The minimum atomic E-state index is -0.0523. The van der Waals surface area contributed by atoms with E-state index in [-0.39, 0.29) is 5.91 Å². The fourth-order valence-electron chi connectivity index (χ4n) is 3.17. The number of benzene rings is 1. The van der Waals surface area contributed by atoms with Crippen molar-refractivity contribution in [3.63, 3.8) is 0 Å². The van der Waals surface area contributed by atoms with Gasteiger partial charge in [-0.3, -0.25) is 9.78 Å². The van der Waals surface area contributed by atoms with Crippen molar-refractivity contribution in [2.45, 2.75) is 13.8 Å². The normalized spacial score (nSPS) is 15.0. The van der Waals surface area contributed by atoms with Gasteiger partial charge in [-0.15, -0.1) is 0 Å². The zero-order valence-electron chi connectivity index (χ0n) is 14.3. The Bertz CT molecular complexity index is 916.